The molecule has 3 aromatic carbocycles. The van der Waals surface area contributed by atoms with Gasteiger partial charge in [0.15, 0.2) is 0 Å². The molecule has 4 heteroatoms. The van der Waals surface area contributed by atoms with Crippen LogP contribution in [0, 0.1) is 0 Å². The van der Waals surface area contributed by atoms with Gasteiger partial charge in [-0.25, -0.2) is 0 Å². The minimum absolute atomic E-state index is 0. The fourth-order valence-electron chi connectivity index (χ4n) is 2.88. The zero-order valence-electron chi connectivity index (χ0n) is 14.6. The van der Waals surface area contributed by atoms with Crippen LogP contribution in [0.5, 0.6) is 0 Å². The molecule has 0 spiro atoms. The molecule has 0 radical (unpaired) electrons. The number of hydrogen-bond donors (Lipinski definition) is 1. The summed E-state index contributed by atoms with van der Waals surface area (Å²) >= 11 is -1.98. The van der Waals surface area contributed by atoms with Crippen LogP contribution < -0.4 is 28.5 Å². The molecule has 0 saturated carbocycles. The molecule has 1 aliphatic rings. The van der Waals surface area contributed by atoms with E-state index in [0.29, 0.717) is 0 Å². The Hall–Kier alpha value is -1.78. The zero-order valence-corrected chi connectivity index (χ0v) is 18.2. The number of hydrogen-bond acceptors (Lipinski definition) is 1. The Balaban J connectivity index is 0.000000297. The first-order valence-corrected chi connectivity index (χ1v) is 12.9. The quantitative estimate of drug-likeness (QED) is 0.495. The first-order valence-electron chi connectivity index (χ1n) is 8.64. The van der Waals surface area contributed by atoms with Crippen LogP contribution in [0.4, 0.5) is 0 Å². The summed E-state index contributed by atoms with van der Waals surface area (Å²) < 4.78 is 4.59. The molecular formula is C22H22ClNOSn. The zero-order chi connectivity index (χ0) is 17.3. The second-order valence-electron chi connectivity index (χ2n) is 5.93. The second kappa shape index (κ2) is 11.0. The van der Waals surface area contributed by atoms with Gasteiger partial charge in [0.2, 0.25) is 5.91 Å². The van der Waals surface area contributed by atoms with E-state index in [1.165, 1.54) is 10.7 Å². The Kier molecular flexibility index (Phi) is 8.72. The molecule has 3 aromatic rings. The predicted octanol–water partition coefficient (Wildman–Crippen LogP) is -0.897. The Bertz CT molecular complexity index is 679. The van der Waals surface area contributed by atoms with Gasteiger partial charge in [-0.15, -0.1) is 0 Å². The molecule has 1 fully saturated rings. The van der Waals surface area contributed by atoms with Crippen LogP contribution >= 0.6 is 0 Å². The van der Waals surface area contributed by atoms with E-state index in [1.54, 1.807) is 0 Å². The van der Waals surface area contributed by atoms with E-state index in [2.05, 4.69) is 96.3 Å². The summed E-state index contributed by atoms with van der Waals surface area (Å²) in [5.74, 6) is 0.204. The van der Waals surface area contributed by atoms with Crippen LogP contribution in [0.3, 0.4) is 0 Å². The van der Waals surface area contributed by atoms with Gasteiger partial charge in [0.25, 0.3) is 0 Å². The first-order chi connectivity index (χ1) is 12.3. The third kappa shape index (κ3) is 5.89. The van der Waals surface area contributed by atoms with E-state index in [0.717, 1.165) is 19.4 Å². The molecule has 1 amide bonds. The maximum atomic E-state index is 10.1. The number of rotatable bonds is 3. The summed E-state index contributed by atoms with van der Waals surface area (Å²) in [5, 5.41) is 2.68. The van der Waals surface area contributed by atoms with Gasteiger partial charge in [0, 0.05) is 13.0 Å². The monoisotopic (exact) mass is 471 g/mol. The Labute approximate surface area is 168 Å². The van der Waals surface area contributed by atoms with Gasteiger partial charge in [-0.1, -0.05) is 0 Å². The van der Waals surface area contributed by atoms with Gasteiger partial charge in [-0.2, -0.15) is 0 Å². The first kappa shape index (κ1) is 20.5. The molecule has 4 rings (SSSR count). The van der Waals surface area contributed by atoms with Crippen molar-refractivity contribution in [3.05, 3.63) is 91.0 Å². The standard InChI is InChI=1S/3C6H5.C4H7NO.ClH.Sn/c3*1-2-4-6-5-3-1;6-4-2-1-3-5-4;;/h3*1-5H;1-3H2,(H,5,6);1H;/q;;;;;+1/p-1. The van der Waals surface area contributed by atoms with Gasteiger partial charge in [0.05, 0.1) is 0 Å². The van der Waals surface area contributed by atoms with E-state index in [1.807, 2.05) is 0 Å². The number of carbonyl (C=O) groups excluding carboxylic acids is 1. The van der Waals surface area contributed by atoms with Crippen molar-refractivity contribution in [2.24, 2.45) is 0 Å². The summed E-state index contributed by atoms with van der Waals surface area (Å²) in [4.78, 5) is 10.1. The Morgan fingerprint density at radius 3 is 1.27 bits per heavy atom. The van der Waals surface area contributed by atoms with Crippen LogP contribution in [0.2, 0.25) is 0 Å². The van der Waals surface area contributed by atoms with Crippen LogP contribution in [-0.4, -0.2) is 32.2 Å². The molecule has 26 heavy (non-hydrogen) atoms. The van der Waals surface area contributed by atoms with Crippen molar-refractivity contribution < 1.29 is 17.2 Å². The van der Waals surface area contributed by atoms with Crippen LogP contribution in [0.15, 0.2) is 91.0 Å². The number of carbonyl (C=O) groups is 1. The van der Waals surface area contributed by atoms with Crippen molar-refractivity contribution in [1.82, 2.24) is 5.32 Å². The Morgan fingerprint density at radius 2 is 1.04 bits per heavy atom. The molecule has 0 aliphatic carbocycles. The topological polar surface area (TPSA) is 29.1 Å². The molecule has 1 N–H and O–H groups in total. The molecule has 0 aromatic heterocycles. The van der Waals surface area contributed by atoms with Gasteiger partial charge >= 0.3 is 121 Å². The van der Waals surface area contributed by atoms with E-state index < -0.39 is 19.8 Å². The maximum absolute atomic E-state index is 10.1. The van der Waals surface area contributed by atoms with Crippen molar-refractivity contribution in [3.63, 3.8) is 0 Å². The van der Waals surface area contributed by atoms with Crippen LogP contribution in [0.25, 0.3) is 0 Å². The fraction of sp³-hybridized carbons (Fsp3) is 0.136. The number of halogens is 1. The van der Waals surface area contributed by atoms with E-state index in [9.17, 15) is 4.79 Å². The molecular weight excluding hydrogens is 448 g/mol. The Morgan fingerprint density at radius 1 is 0.654 bits per heavy atom. The van der Waals surface area contributed by atoms with E-state index in [-0.39, 0.29) is 18.3 Å². The third-order valence-electron chi connectivity index (χ3n) is 4.09. The minimum atomic E-state index is -1.98. The van der Waals surface area contributed by atoms with Crippen LogP contribution in [-0.2, 0) is 4.79 Å². The van der Waals surface area contributed by atoms with Gasteiger partial charge in [-0.05, 0) is 6.42 Å². The summed E-state index contributed by atoms with van der Waals surface area (Å²) in [5.41, 5.74) is 0. The van der Waals surface area contributed by atoms with Crippen molar-refractivity contribution in [1.29, 1.82) is 0 Å². The summed E-state index contributed by atoms with van der Waals surface area (Å²) in [6.45, 7) is 0.888. The van der Waals surface area contributed by atoms with Crippen LogP contribution in [0.1, 0.15) is 12.8 Å². The van der Waals surface area contributed by atoms with Gasteiger partial charge in [0.1, 0.15) is 0 Å². The van der Waals surface area contributed by atoms with Crippen molar-refractivity contribution >= 4 is 36.4 Å². The van der Waals surface area contributed by atoms with Crippen molar-refractivity contribution in [3.8, 4) is 0 Å². The van der Waals surface area contributed by atoms with Crippen molar-refractivity contribution in [2.75, 3.05) is 6.54 Å². The molecule has 1 heterocycles. The third-order valence-corrected chi connectivity index (χ3v) is 11.9. The van der Waals surface area contributed by atoms with E-state index >= 15 is 0 Å². The molecule has 0 bridgehead atoms. The second-order valence-corrected chi connectivity index (χ2v) is 13.0. The summed E-state index contributed by atoms with van der Waals surface area (Å²) in [6, 6.07) is 32.9. The molecule has 1 saturated heterocycles. The van der Waals surface area contributed by atoms with Gasteiger partial charge < -0.3 is 17.7 Å². The van der Waals surface area contributed by atoms with Crippen molar-refractivity contribution in [2.45, 2.75) is 12.8 Å². The molecule has 2 nitrogen and oxygen atoms in total. The summed E-state index contributed by atoms with van der Waals surface area (Å²) in [7, 11) is 0. The number of amides is 1. The normalized spacial score (nSPS) is 12.2. The summed E-state index contributed by atoms with van der Waals surface area (Å²) in [6.07, 6.45) is 1.76. The average molecular weight is 471 g/mol. The number of nitrogens with one attached hydrogen (secondary N) is 1. The number of benzene rings is 3. The molecule has 132 valence electrons. The van der Waals surface area contributed by atoms with Gasteiger partial charge in [-0.3, -0.25) is 4.79 Å². The molecule has 1 aliphatic heterocycles. The van der Waals surface area contributed by atoms with E-state index in [4.69, 9.17) is 0 Å². The fourth-order valence-corrected chi connectivity index (χ4v) is 10.2. The molecule has 0 atom stereocenters. The predicted molar refractivity (Wildman–Crippen MR) is 106 cm³/mol. The SMILES string of the molecule is O=C1CCCN1.[Cl-].c1cc[c]([Sn+]([c]2ccccc2)[c]2ccccc2)cc1. The molecule has 0 unspecified atom stereocenters. The average Bonchev–Trinajstić information content (AvgIpc) is 3.16.